The van der Waals surface area contributed by atoms with E-state index in [9.17, 15) is 0 Å². The van der Waals surface area contributed by atoms with Gasteiger partial charge in [-0.05, 0) is 42.8 Å². The average molecular weight is 243 g/mol. The van der Waals surface area contributed by atoms with Gasteiger partial charge in [0, 0.05) is 10.9 Å². The second-order valence-electron chi connectivity index (χ2n) is 3.66. The molecule has 0 fully saturated rings. The van der Waals surface area contributed by atoms with Crippen LogP contribution >= 0.6 is 23.1 Å². The molecule has 0 aromatic carbocycles. The Morgan fingerprint density at radius 3 is 3.00 bits per heavy atom. The first-order valence-electron chi connectivity index (χ1n) is 5.64. The smallest absolute Gasteiger partial charge is 0.0414 e. The number of thiophene rings is 1. The molecule has 15 heavy (non-hydrogen) atoms. The Morgan fingerprint density at radius 2 is 2.40 bits per heavy atom. The monoisotopic (exact) mass is 243 g/mol. The summed E-state index contributed by atoms with van der Waals surface area (Å²) in [6, 6.07) is 4.97. The van der Waals surface area contributed by atoms with Crippen molar-refractivity contribution in [1.82, 2.24) is 5.32 Å². The number of nitrogens with one attached hydrogen (secondary N) is 1. The summed E-state index contributed by atoms with van der Waals surface area (Å²) < 4.78 is 0. The number of thioether (sulfide) groups is 1. The Morgan fingerprint density at radius 1 is 1.53 bits per heavy atom. The van der Waals surface area contributed by atoms with Crippen molar-refractivity contribution in [2.45, 2.75) is 32.2 Å². The lowest BCUT2D eigenvalue weighted by atomic mass is 10.1. The van der Waals surface area contributed by atoms with Gasteiger partial charge in [0.05, 0.1) is 0 Å². The average Bonchev–Trinajstić information content (AvgIpc) is 2.76. The van der Waals surface area contributed by atoms with Crippen molar-refractivity contribution in [3.8, 4) is 0 Å². The van der Waals surface area contributed by atoms with E-state index in [4.69, 9.17) is 0 Å². The maximum Gasteiger partial charge on any atom is 0.0414 e. The molecule has 0 bridgehead atoms. The van der Waals surface area contributed by atoms with Gasteiger partial charge in [-0.2, -0.15) is 11.8 Å². The number of hydrogen-bond donors (Lipinski definition) is 1. The zero-order valence-corrected chi connectivity index (χ0v) is 11.3. The molecule has 1 N–H and O–H groups in total. The highest BCUT2D eigenvalue weighted by atomic mass is 32.2. The standard InChI is InChI=1S/C12H21NS2/c1-3-6-11(12-7-4-10-15-12)13-8-5-9-14-2/h4,7,10-11,13H,3,5-6,8-9H2,1-2H3. The first kappa shape index (κ1) is 13.1. The summed E-state index contributed by atoms with van der Waals surface area (Å²) >= 11 is 3.79. The summed E-state index contributed by atoms with van der Waals surface area (Å²) in [6.45, 7) is 3.40. The quantitative estimate of drug-likeness (QED) is 0.694. The van der Waals surface area contributed by atoms with Crippen LogP contribution in [0.4, 0.5) is 0 Å². The molecule has 3 heteroatoms. The van der Waals surface area contributed by atoms with Gasteiger partial charge in [-0.25, -0.2) is 0 Å². The molecule has 0 aliphatic carbocycles. The fourth-order valence-electron chi connectivity index (χ4n) is 1.62. The van der Waals surface area contributed by atoms with Crippen LogP contribution in [0.3, 0.4) is 0 Å². The van der Waals surface area contributed by atoms with Gasteiger partial charge in [-0.15, -0.1) is 11.3 Å². The molecule has 0 saturated heterocycles. The van der Waals surface area contributed by atoms with E-state index in [0.29, 0.717) is 6.04 Å². The third-order valence-corrected chi connectivity index (χ3v) is 4.06. The van der Waals surface area contributed by atoms with Crippen LogP contribution in [0, 0.1) is 0 Å². The molecule has 0 aliphatic heterocycles. The molecule has 0 radical (unpaired) electrons. The van der Waals surface area contributed by atoms with Crippen LogP contribution in [0.15, 0.2) is 17.5 Å². The van der Waals surface area contributed by atoms with Gasteiger partial charge in [0.15, 0.2) is 0 Å². The van der Waals surface area contributed by atoms with Crippen LogP contribution in [-0.4, -0.2) is 18.6 Å². The highest BCUT2D eigenvalue weighted by Gasteiger charge is 2.09. The lowest BCUT2D eigenvalue weighted by molar-refractivity contribution is 0.502. The Balaban J connectivity index is 2.31. The predicted octanol–water partition coefficient (Wildman–Crippen LogP) is 3.93. The van der Waals surface area contributed by atoms with Gasteiger partial charge in [0.2, 0.25) is 0 Å². The second-order valence-corrected chi connectivity index (χ2v) is 5.62. The Kier molecular flexibility index (Phi) is 7.14. The second kappa shape index (κ2) is 8.20. The first-order chi connectivity index (χ1) is 7.38. The van der Waals surface area contributed by atoms with Crippen LogP contribution in [0.5, 0.6) is 0 Å². The van der Waals surface area contributed by atoms with Gasteiger partial charge in [-0.3, -0.25) is 0 Å². The van der Waals surface area contributed by atoms with Crippen LogP contribution in [-0.2, 0) is 0 Å². The van der Waals surface area contributed by atoms with Gasteiger partial charge < -0.3 is 5.32 Å². The minimum absolute atomic E-state index is 0.580. The first-order valence-corrected chi connectivity index (χ1v) is 7.91. The lowest BCUT2D eigenvalue weighted by Crippen LogP contribution is -2.22. The topological polar surface area (TPSA) is 12.0 Å². The van der Waals surface area contributed by atoms with Crippen molar-refractivity contribution in [1.29, 1.82) is 0 Å². The fraction of sp³-hybridized carbons (Fsp3) is 0.667. The molecule has 1 aromatic rings. The summed E-state index contributed by atoms with van der Waals surface area (Å²) in [7, 11) is 0. The van der Waals surface area contributed by atoms with Crippen molar-refractivity contribution >= 4 is 23.1 Å². The van der Waals surface area contributed by atoms with E-state index < -0.39 is 0 Å². The van der Waals surface area contributed by atoms with Crippen LogP contribution < -0.4 is 5.32 Å². The number of hydrogen-bond acceptors (Lipinski definition) is 3. The van der Waals surface area contributed by atoms with Crippen molar-refractivity contribution in [2.75, 3.05) is 18.6 Å². The van der Waals surface area contributed by atoms with Crippen molar-refractivity contribution in [2.24, 2.45) is 0 Å². The molecule has 0 spiro atoms. The van der Waals surface area contributed by atoms with Crippen molar-refractivity contribution < 1.29 is 0 Å². The van der Waals surface area contributed by atoms with E-state index in [1.54, 1.807) is 0 Å². The number of rotatable bonds is 8. The molecule has 1 aromatic heterocycles. The zero-order chi connectivity index (χ0) is 10.9. The summed E-state index contributed by atoms with van der Waals surface area (Å²) in [5.74, 6) is 1.26. The Hall–Kier alpha value is 0.01000. The third-order valence-electron chi connectivity index (χ3n) is 2.38. The van der Waals surface area contributed by atoms with E-state index in [1.807, 2.05) is 23.1 Å². The molecule has 1 rings (SSSR count). The minimum Gasteiger partial charge on any atom is -0.309 e. The highest BCUT2D eigenvalue weighted by molar-refractivity contribution is 7.98. The molecule has 1 heterocycles. The van der Waals surface area contributed by atoms with Crippen molar-refractivity contribution in [3.63, 3.8) is 0 Å². The molecule has 0 aliphatic rings. The Bertz CT molecular complexity index is 234. The van der Waals surface area contributed by atoms with Crippen LogP contribution in [0.1, 0.15) is 37.1 Å². The van der Waals surface area contributed by atoms with E-state index in [1.165, 1.54) is 29.9 Å². The Labute approximate surface area is 102 Å². The van der Waals surface area contributed by atoms with E-state index in [0.717, 1.165) is 6.54 Å². The summed E-state index contributed by atoms with van der Waals surface area (Å²) in [4.78, 5) is 1.49. The summed E-state index contributed by atoms with van der Waals surface area (Å²) in [6.07, 6.45) is 5.94. The molecular formula is C12H21NS2. The highest BCUT2D eigenvalue weighted by Crippen LogP contribution is 2.22. The van der Waals surface area contributed by atoms with Crippen molar-refractivity contribution in [3.05, 3.63) is 22.4 Å². The SMILES string of the molecule is CCCC(NCCCSC)c1cccs1. The van der Waals surface area contributed by atoms with Gasteiger partial charge >= 0.3 is 0 Å². The predicted molar refractivity (Wildman–Crippen MR) is 73.0 cm³/mol. The van der Waals surface area contributed by atoms with Gasteiger partial charge in [-0.1, -0.05) is 19.4 Å². The van der Waals surface area contributed by atoms with Gasteiger partial charge in [0.25, 0.3) is 0 Å². The third kappa shape index (κ3) is 5.05. The van der Waals surface area contributed by atoms with Crippen LogP contribution in [0.2, 0.25) is 0 Å². The van der Waals surface area contributed by atoms with Gasteiger partial charge in [0.1, 0.15) is 0 Å². The molecular weight excluding hydrogens is 222 g/mol. The molecule has 1 nitrogen and oxygen atoms in total. The molecule has 1 atom stereocenters. The normalized spacial score (nSPS) is 12.9. The maximum absolute atomic E-state index is 3.65. The van der Waals surface area contributed by atoms with Crippen LogP contribution in [0.25, 0.3) is 0 Å². The fourth-order valence-corrected chi connectivity index (χ4v) is 2.89. The summed E-state index contributed by atoms with van der Waals surface area (Å²) in [5.41, 5.74) is 0. The zero-order valence-electron chi connectivity index (χ0n) is 9.66. The van der Waals surface area contributed by atoms with E-state index in [-0.39, 0.29) is 0 Å². The maximum atomic E-state index is 3.65. The van der Waals surface area contributed by atoms with E-state index >= 15 is 0 Å². The largest absolute Gasteiger partial charge is 0.309 e. The molecule has 1 unspecified atom stereocenters. The molecule has 86 valence electrons. The lowest BCUT2D eigenvalue weighted by Gasteiger charge is -2.16. The minimum atomic E-state index is 0.580. The van der Waals surface area contributed by atoms with E-state index in [2.05, 4.69) is 36.0 Å². The molecule has 0 amide bonds. The molecule has 0 saturated carbocycles. The summed E-state index contributed by atoms with van der Waals surface area (Å²) in [5, 5.41) is 5.82.